The van der Waals surface area contributed by atoms with Gasteiger partial charge in [0.15, 0.2) is 0 Å². The van der Waals surface area contributed by atoms with Crippen LogP contribution in [-0.4, -0.2) is 24.6 Å². The van der Waals surface area contributed by atoms with Gasteiger partial charge < -0.3 is 14.2 Å². The summed E-state index contributed by atoms with van der Waals surface area (Å²) in [5.74, 6) is 0. The third-order valence-corrected chi connectivity index (χ3v) is 5.29. The first kappa shape index (κ1) is 21.2. The zero-order valence-electron chi connectivity index (χ0n) is 17.3. The predicted molar refractivity (Wildman–Crippen MR) is 119 cm³/mol. The smallest absolute Gasteiger partial charge is 0.148 e. The molecule has 0 saturated heterocycles. The van der Waals surface area contributed by atoms with E-state index in [1.807, 2.05) is 97.1 Å². The summed E-state index contributed by atoms with van der Waals surface area (Å²) < 4.78 is 18.6. The molecule has 0 bridgehead atoms. The number of carbonyl (C=O) groups is 1. The van der Waals surface area contributed by atoms with E-state index in [1.54, 1.807) is 0 Å². The Morgan fingerprint density at radius 3 is 1.55 bits per heavy atom. The third kappa shape index (κ3) is 5.76. The zero-order chi connectivity index (χ0) is 21.3. The Kier molecular flexibility index (Phi) is 7.40. The van der Waals surface area contributed by atoms with Crippen molar-refractivity contribution in [3.8, 4) is 0 Å². The van der Waals surface area contributed by atoms with Gasteiger partial charge in [-0.25, -0.2) is 0 Å². The summed E-state index contributed by atoms with van der Waals surface area (Å²) in [6.07, 6.45) is 1.42. The molecule has 0 aliphatic heterocycles. The Balaban J connectivity index is 1.48. The van der Waals surface area contributed by atoms with Gasteiger partial charge in [0.1, 0.15) is 24.6 Å². The van der Waals surface area contributed by atoms with Crippen molar-refractivity contribution in [2.24, 2.45) is 0 Å². The van der Waals surface area contributed by atoms with E-state index >= 15 is 0 Å². The van der Waals surface area contributed by atoms with Crippen molar-refractivity contribution in [1.82, 2.24) is 0 Å². The van der Waals surface area contributed by atoms with Crippen molar-refractivity contribution in [2.45, 2.75) is 38.1 Å². The Hall–Kier alpha value is -3.05. The van der Waals surface area contributed by atoms with Gasteiger partial charge in [-0.3, -0.25) is 4.79 Å². The van der Waals surface area contributed by atoms with Crippen LogP contribution < -0.4 is 0 Å². The van der Waals surface area contributed by atoms with Gasteiger partial charge in [0.2, 0.25) is 0 Å². The molecular weight excluding hydrogens is 388 g/mol. The molecule has 4 rings (SSSR count). The minimum Gasteiger partial charge on any atom is -0.367 e. The summed E-state index contributed by atoms with van der Waals surface area (Å²) >= 11 is 0. The van der Waals surface area contributed by atoms with Gasteiger partial charge in [0, 0.05) is 5.57 Å². The van der Waals surface area contributed by atoms with E-state index in [1.165, 1.54) is 0 Å². The molecule has 0 N–H and O–H groups in total. The van der Waals surface area contributed by atoms with Gasteiger partial charge >= 0.3 is 0 Å². The van der Waals surface area contributed by atoms with Gasteiger partial charge in [-0.2, -0.15) is 0 Å². The molecule has 4 heteroatoms. The number of rotatable bonds is 10. The van der Waals surface area contributed by atoms with Crippen molar-refractivity contribution in [3.63, 3.8) is 0 Å². The molecule has 0 spiro atoms. The van der Waals surface area contributed by atoms with Crippen molar-refractivity contribution >= 4 is 6.29 Å². The van der Waals surface area contributed by atoms with E-state index < -0.39 is 12.2 Å². The molecule has 3 aromatic carbocycles. The van der Waals surface area contributed by atoms with E-state index in [0.717, 1.165) is 23.0 Å². The van der Waals surface area contributed by atoms with E-state index in [4.69, 9.17) is 14.2 Å². The minimum atomic E-state index is -0.484. The highest BCUT2D eigenvalue weighted by Gasteiger charge is 2.39. The maximum absolute atomic E-state index is 11.8. The molecule has 1 aliphatic rings. The zero-order valence-corrected chi connectivity index (χ0v) is 17.3. The third-order valence-electron chi connectivity index (χ3n) is 5.29. The summed E-state index contributed by atoms with van der Waals surface area (Å²) in [6.45, 7) is 1.25. The molecule has 0 radical (unpaired) electrons. The highest BCUT2D eigenvalue weighted by molar-refractivity contribution is 5.76. The second-order valence-corrected chi connectivity index (χ2v) is 7.52. The van der Waals surface area contributed by atoms with Gasteiger partial charge in [0.25, 0.3) is 0 Å². The first-order chi connectivity index (χ1) is 15.3. The van der Waals surface area contributed by atoms with Crippen molar-refractivity contribution < 1.29 is 19.0 Å². The quantitative estimate of drug-likeness (QED) is 0.444. The number of ether oxygens (including phenoxy) is 3. The Morgan fingerprint density at radius 2 is 1.06 bits per heavy atom. The van der Waals surface area contributed by atoms with Crippen LogP contribution in [-0.2, 0) is 38.8 Å². The first-order valence-electron chi connectivity index (χ1n) is 10.5. The summed E-state index contributed by atoms with van der Waals surface area (Å²) in [4.78, 5) is 11.8. The number of hydrogen-bond acceptors (Lipinski definition) is 4. The molecule has 3 aromatic rings. The number of hydrogen-bond donors (Lipinski definition) is 0. The molecule has 0 saturated carbocycles. The van der Waals surface area contributed by atoms with Gasteiger partial charge in [-0.15, -0.1) is 0 Å². The van der Waals surface area contributed by atoms with E-state index in [9.17, 15) is 4.79 Å². The molecule has 4 nitrogen and oxygen atoms in total. The topological polar surface area (TPSA) is 44.8 Å². The summed E-state index contributed by atoms with van der Waals surface area (Å²) in [5.41, 5.74) is 3.74. The van der Waals surface area contributed by atoms with Crippen molar-refractivity contribution in [3.05, 3.63) is 119 Å². The van der Waals surface area contributed by atoms with Crippen LogP contribution in [0.1, 0.15) is 16.7 Å². The molecule has 0 amide bonds. The monoisotopic (exact) mass is 414 g/mol. The lowest BCUT2D eigenvalue weighted by atomic mass is 10.1. The van der Waals surface area contributed by atoms with Crippen LogP contribution in [0.4, 0.5) is 0 Å². The summed E-state index contributed by atoms with van der Waals surface area (Å²) in [7, 11) is 0. The Morgan fingerprint density at radius 1 is 0.613 bits per heavy atom. The fraction of sp³-hybridized carbons (Fsp3) is 0.222. The van der Waals surface area contributed by atoms with E-state index in [-0.39, 0.29) is 6.10 Å². The van der Waals surface area contributed by atoms with Gasteiger partial charge in [-0.1, -0.05) is 91.0 Å². The summed E-state index contributed by atoms with van der Waals surface area (Å²) in [5, 5.41) is 0. The molecule has 0 aromatic heterocycles. The Bertz CT molecular complexity index is 970. The normalized spacial score (nSPS) is 20.4. The van der Waals surface area contributed by atoms with Crippen molar-refractivity contribution in [1.29, 1.82) is 0 Å². The lowest BCUT2D eigenvalue weighted by Crippen LogP contribution is -2.37. The van der Waals surface area contributed by atoms with Gasteiger partial charge in [-0.05, 0) is 22.8 Å². The van der Waals surface area contributed by atoms with Crippen LogP contribution in [0.2, 0.25) is 0 Å². The van der Waals surface area contributed by atoms with Crippen LogP contribution in [0.5, 0.6) is 0 Å². The number of benzene rings is 3. The fourth-order valence-electron chi connectivity index (χ4n) is 3.66. The lowest BCUT2D eigenvalue weighted by molar-refractivity contribution is -0.120. The largest absolute Gasteiger partial charge is 0.367 e. The second kappa shape index (κ2) is 10.8. The average Bonchev–Trinajstić information content (AvgIpc) is 3.18. The molecule has 1 aliphatic carbocycles. The molecule has 0 heterocycles. The molecule has 0 fully saturated rings. The second-order valence-electron chi connectivity index (χ2n) is 7.52. The van der Waals surface area contributed by atoms with Crippen LogP contribution in [0.3, 0.4) is 0 Å². The highest BCUT2D eigenvalue weighted by Crippen LogP contribution is 2.29. The molecule has 31 heavy (non-hydrogen) atoms. The summed E-state index contributed by atoms with van der Waals surface area (Å²) in [6, 6.07) is 29.9. The van der Waals surface area contributed by atoms with Crippen molar-refractivity contribution in [2.75, 3.05) is 0 Å². The minimum absolute atomic E-state index is 0.370. The molecule has 3 atom stereocenters. The van der Waals surface area contributed by atoms with Crippen LogP contribution in [0, 0.1) is 0 Å². The Labute approximate surface area is 183 Å². The lowest BCUT2D eigenvalue weighted by Gasteiger charge is -2.27. The maximum Gasteiger partial charge on any atom is 0.148 e. The number of carbonyl (C=O) groups excluding carboxylic acids is 1. The molecule has 3 unspecified atom stereocenters. The van der Waals surface area contributed by atoms with Crippen LogP contribution in [0.15, 0.2) is 103 Å². The maximum atomic E-state index is 11.8. The molecule has 158 valence electrons. The fourth-order valence-corrected chi connectivity index (χ4v) is 3.66. The van der Waals surface area contributed by atoms with Gasteiger partial charge in [0.05, 0.1) is 19.8 Å². The predicted octanol–water partition coefficient (Wildman–Crippen LogP) is 4.88. The van der Waals surface area contributed by atoms with E-state index in [0.29, 0.717) is 25.4 Å². The SMILES string of the molecule is O=CC1=CC(OCc2ccccc2)C(OCc2ccccc2)C1OCc1ccccc1. The number of aldehydes is 1. The standard InChI is InChI=1S/C27H26O4/c28-17-24-16-25(29-18-21-10-4-1-5-11-21)27(31-20-23-14-8-3-9-15-23)26(24)30-19-22-12-6-2-7-13-22/h1-17,25-27H,18-20H2. The van der Waals surface area contributed by atoms with Crippen LogP contribution >= 0.6 is 0 Å². The first-order valence-corrected chi connectivity index (χ1v) is 10.5. The molecular formula is C27H26O4. The highest BCUT2D eigenvalue weighted by atomic mass is 16.6. The van der Waals surface area contributed by atoms with Crippen LogP contribution in [0.25, 0.3) is 0 Å². The average molecular weight is 415 g/mol. The van der Waals surface area contributed by atoms with E-state index in [2.05, 4.69) is 0 Å².